The van der Waals surface area contributed by atoms with Crippen LogP contribution in [0.15, 0.2) is 24.3 Å². The molecule has 0 aromatic heterocycles. The van der Waals surface area contributed by atoms with Crippen molar-refractivity contribution in [3.63, 3.8) is 0 Å². The number of amides is 1. The second-order valence-corrected chi connectivity index (χ2v) is 8.15. The monoisotopic (exact) mass is 315 g/mol. The molecular formula is C20H26FNO. The highest BCUT2D eigenvalue weighted by Gasteiger charge is 2.55. The molecule has 1 amide bonds. The average Bonchev–Trinajstić information content (AvgIpc) is 2.51. The lowest BCUT2D eigenvalue weighted by molar-refractivity contribution is -0.158. The normalized spacial score (nSPS) is 34.6. The minimum atomic E-state index is -0.221. The Morgan fingerprint density at radius 3 is 2.30 bits per heavy atom. The van der Waals surface area contributed by atoms with Gasteiger partial charge in [0.15, 0.2) is 0 Å². The lowest BCUT2D eigenvalue weighted by Crippen LogP contribution is -2.54. The van der Waals surface area contributed by atoms with Crippen LogP contribution in [0, 0.1) is 29.0 Å². The Morgan fingerprint density at radius 2 is 1.78 bits per heavy atom. The zero-order chi connectivity index (χ0) is 16.0. The predicted octanol–water partition coefficient (Wildman–Crippen LogP) is 4.39. The van der Waals surface area contributed by atoms with Crippen molar-refractivity contribution in [1.82, 2.24) is 4.90 Å². The van der Waals surface area contributed by atoms with Gasteiger partial charge in [-0.1, -0.05) is 12.1 Å². The van der Waals surface area contributed by atoms with E-state index in [0.717, 1.165) is 42.6 Å². The largest absolute Gasteiger partial charge is 0.338 e. The van der Waals surface area contributed by atoms with Crippen molar-refractivity contribution in [3.05, 3.63) is 35.6 Å². The van der Waals surface area contributed by atoms with Gasteiger partial charge in [0, 0.05) is 13.1 Å². The first-order valence-corrected chi connectivity index (χ1v) is 9.12. The van der Waals surface area contributed by atoms with Crippen LogP contribution >= 0.6 is 0 Å². The second kappa shape index (κ2) is 5.61. The molecule has 4 aliphatic carbocycles. The molecule has 0 unspecified atom stereocenters. The summed E-state index contributed by atoms with van der Waals surface area (Å²) in [5.74, 6) is 2.44. The van der Waals surface area contributed by atoms with Crippen LogP contribution in [0.3, 0.4) is 0 Å². The summed E-state index contributed by atoms with van der Waals surface area (Å²) in [5.41, 5.74) is 0.794. The van der Waals surface area contributed by atoms with E-state index in [1.807, 2.05) is 17.9 Å². The molecule has 0 radical (unpaired) electrons. The number of hydrogen-bond donors (Lipinski definition) is 0. The number of benzene rings is 1. The molecule has 4 fully saturated rings. The van der Waals surface area contributed by atoms with Gasteiger partial charge in [0.2, 0.25) is 5.91 Å². The molecule has 124 valence electrons. The first kappa shape index (κ1) is 15.2. The Labute approximate surface area is 138 Å². The third kappa shape index (κ3) is 2.68. The molecule has 0 heterocycles. The summed E-state index contributed by atoms with van der Waals surface area (Å²) in [6.45, 7) is 3.28. The van der Waals surface area contributed by atoms with Crippen LogP contribution in [0.25, 0.3) is 0 Å². The van der Waals surface area contributed by atoms with Gasteiger partial charge in [-0.25, -0.2) is 4.39 Å². The molecular weight excluding hydrogens is 289 g/mol. The molecule has 0 spiro atoms. The molecule has 1 aromatic rings. The Kier molecular flexibility index (Phi) is 3.70. The van der Waals surface area contributed by atoms with Crippen LogP contribution in [0.4, 0.5) is 4.39 Å². The first-order chi connectivity index (χ1) is 11.1. The molecule has 2 nitrogen and oxygen atoms in total. The van der Waals surface area contributed by atoms with Crippen molar-refractivity contribution in [2.45, 2.75) is 52.0 Å². The van der Waals surface area contributed by atoms with E-state index in [1.54, 1.807) is 12.1 Å². The first-order valence-electron chi connectivity index (χ1n) is 9.12. The van der Waals surface area contributed by atoms with Crippen LogP contribution < -0.4 is 0 Å². The summed E-state index contributed by atoms with van der Waals surface area (Å²) in [6.07, 6.45) is 7.33. The molecule has 4 saturated carbocycles. The highest BCUT2D eigenvalue weighted by Crippen LogP contribution is 2.60. The third-order valence-corrected chi connectivity index (χ3v) is 6.42. The van der Waals surface area contributed by atoms with E-state index in [2.05, 4.69) is 0 Å². The van der Waals surface area contributed by atoms with E-state index >= 15 is 0 Å². The van der Waals surface area contributed by atoms with Crippen molar-refractivity contribution in [1.29, 1.82) is 0 Å². The van der Waals surface area contributed by atoms with Gasteiger partial charge in [-0.2, -0.15) is 0 Å². The molecule has 4 aliphatic rings. The summed E-state index contributed by atoms with van der Waals surface area (Å²) in [5, 5.41) is 0. The van der Waals surface area contributed by atoms with Gasteiger partial charge in [0.25, 0.3) is 0 Å². The van der Waals surface area contributed by atoms with E-state index in [1.165, 1.54) is 25.3 Å². The van der Waals surface area contributed by atoms with Crippen molar-refractivity contribution in [2.75, 3.05) is 6.54 Å². The molecule has 0 saturated heterocycles. The zero-order valence-corrected chi connectivity index (χ0v) is 13.9. The summed E-state index contributed by atoms with van der Waals surface area (Å²) in [6, 6.07) is 6.66. The maximum absolute atomic E-state index is 13.4. The molecule has 4 bridgehead atoms. The van der Waals surface area contributed by atoms with Crippen LogP contribution in [-0.2, 0) is 11.3 Å². The maximum Gasteiger partial charge on any atom is 0.229 e. The fraction of sp³-hybridized carbons (Fsp3) is 0.650. The van der Waals surface area contributed by atoms with Crippen LogP contribution in [0.1, 0.15) is 51.0 Å². The van der Waals surface area contributed by atoms with E-state index in [0.29, 0.717) is 19.0 Å². The summed E-state index contributed by atoms with van der Waals surface area (Å²) in [7, 11) is 0. The molecule has 23 heavy (non-hydrogen) atoms. The van der Waals surface area contributed by atoms with E-state index in [-0.39, 0.29) is 11.2 Å². The van der Waals surface area contributed by atoms with Gasteiger partial charge in [-0.15, -0.1) is 0 Å². The summed E-state index contributed by atoms with van der Waals surface area (Å²) in [4.78, 5) is 15.3. The van der Waals surface area contributed by atoms with E-state index < -0.39 is 0 Å². The smallest absolute Gasteiger partial charge is 0.229 e. The fourth-order valence-corrected chi connectivity index (χ4v) is 5.89. The lowest BCUT2D eigenvalue weighted by atomic mass is 9.49. The van der Waals surface area contributed by atoms with Crippen LogP contribution in [0.5, 0.6) is 0 Å². The number of rotatable bonds is 4. The molecule has 0 atom stereocenters. The second-order valence-electron chi connectivity index (χ2n) is 8.15. The van der Waals surface area contributed by atoms with Crippen molar-refractivity contribution in [3.8, 4) is 0 Å². The highest BCUT2D eigenvalue weighted by atomic mass is 19.1. The molecule has 0 aliphatic heterocycles. The van der Waals surface area contributed by atoms with Gasteiger partial charge < -0.3 is 4.90 Å². The minimum Gasteiger partial charge on any atom is -0.338 e. The van der Waals surface area contributed by atoms with Gasteiger partial charge in [0.05, 0.1) is 5.41 Å². The summed E-state index contributed by atoms with van der Waals surface area (Å²) < 4.78 is 13.4. The standard InChI is InChI=1S/C20H26FNO/c1-2-22(13-14-4-3-5-18(21)9-14)19(23)20-10-15-6-16(11-20)8-17(7-15)12-20/h3-5,9,15-17H,2,6-8,10-13H2,1H3. The maximum atomic E-state index is 13.4. The Hall–Kier alpha value is -1.38. The van der Waals surface area contributed by atoms with Gasteiger partial charge in [0.1, 0.15) is 5.82 Å². The summed E-state index contributed by atoms with van der Waals surface area (Å²) >= 11 is 0. The Balaban J connectivity index is 1.54. The molecule has 3 heteroatoms. The van der Waals surface area contributed by atoms with E-state index in [9.17, 15) is 9.18 Å². The number of carbonyl (C=O) groups excluding carboxylic acids is 1. The van der Waals surface area contributed by atoms with Gasteiger partial charge >= 0.3 is 0 Å². The number of halogens is 1. The zero-order valence-electron chi connectivity index (χ0n) is 13.9. The molecule has 0 N–H and O–H groups in total. The lowest BCUT2D eigenvalue weighted by Gasteiger charge is -2.56. The van der Waals surface area contributed by atoms with E-state index in [4.69, 9.17) is 0 Å². The van der Waals surface area contributed by atoms with Crippen molar-refractivity contribution >= 4 is 5.91 Å². The van der Waals surface area contributed by atoms with Crippen molar-refractivity contribution < 1.29 is 9.18 Å². The van der Waals surface area contributed by atoms with Crippen LogP contribution in [-0.4, -0.2) is 17.4 Å². The Morgan fingerprint density at radius 1 is 1.17 bits per heavy atom. The highest BCUT2D eigenvalue weighted by molar-refractivity contribution is 5.83. The third-order valence-electron chi connectivity index (χ3n) is 6.42. The average molecular weight is 315 g/mol. The molecule has 1 aromatic carbocycles. The SMILES string of the molecule is CCN(Cc1cccc(F)c1)C(=O)C12CC3CC(CC(C3)C1)C2. The quantitative estimate of drug-likeness (QED) is 0.807. The topological polar surface area (TPSA) is 20.3 Å². The number of carbonyl (C=O) groups is 1. The number of hydrogen-bond acceptors (Lipinski definition) is 1. The number of nitrogens with zero attached hydrogens (tertiary/aromatic N) is 1. The molecule has 5 rings (SSSR count). The van der Waals surface area contributed by atoms with Crippen molar-refractivity contribution in [2.24, 2.45) is 23.2 Å². The predicted molar refractivity (Wildman–Crippen MR) is 88.1 cm³/mol. The fourth-order valence-electron chi connectivity index (χ4n) is 5.89. The van der Waals surface area contributed by atoms with Gasteiger partial charge in [-0.3, -0.25) is 4.79 Å². The van der Waals surface area contributed by atoms with Gasteiger partial charge in [-0.05, 0) is 80.9 Å². The minimum absolute atomic E-state index is 0.0991. The Bertz CT molecular complexity index is 576. The van der Waals surface area contributed by atoms with Crippen LogP contribution in [0.2, 0.25) is 0 Å².